The van der Waals surface area contributed by atoms with Crippen LogP contribution >= 0.6 is 0 Å². The van der Waals surface area contributed by atoms with E-state index in [-0.39, 0.29) is 23.4 Å². The number of aryl methyl sites for hydroxylation is 2. The molecule has 0 radical (unpaired) electrons. The average molecular weight is 370 g/mol. The third-order valence-electron chi connectivity index (χ3n) is 4.61. The quantitative estimate of drug-likeness (QED) is 0.805. The molecule has 0 aliphatic carbocycles. The lowest BCUT2D eigenvalue weighted by atomic mass is 9.98. The number of nitrogens with one attached hydrogen (secondary N) is 2. The lowest BCUT2D eigenvalue weighted by Crippen LogP contribution is -2.50. The number of amides is 2. The van der Waals surface area contributed by atoms with E-state index in [1.807, 2.05) is 52.8 Å². The fourth-order valence-electron chi connectivity index (χ4n) is 3.01. The van der Waals surface area contributed by atoms with Gasteiger partial charge in [-0.1, -0.05) is 49.7 Å². The first-order chi connectivity index (χ1) is 12.7. The van der Waals surface area contributed by atoms with E-state index in [2.05, 4.69) is 10.6 Å². The number of hydrogen-bond donors (Lipinski definition) is 2. The Labute approximate surface area is 160 Å². The molecule has 2 aromatic rings. The summed E-state index contributed by atoms with van der Waals surface area (Å²) >= 11 is 0. The molecule has 2 atom stereocenters. The van der Waals surface area contributed by atoms with Crippen LogP contribution in [0.25, 0.3) is 0 Å². The molecular formula is C22H27FN2O2. The SMILES string of the molecule is Cc1ccc(C)c(C(C)NC(=O)C(NC(=O)c2ccccc2F)C(C)C)c1. The van der Waals surface area contributed by atoms with Crippen molar-refractivity contribution in [1.29, 1.82) is 0 Å². The minimum atomic E-state index is -0.760. The molecule has 0 aliphatic heterocycles. The highest BCUT2D eigenvalue weighted by atomic mass is 19.1. The van der Waals surface area contributed by atoms with Gasteiger partial charge in [-0.05, 0) is 49.9 Å². The van der Waals surface area contributed by atoms with E-state index in [0.717, 1.165) is 16.7 Å². The van der Waals surface area contributed by atoms with Crippen molar-refractivity contribution in [3.8, 4) is 0 Å². The summed E-state index contributed by atoms with van der Waals surface area (Å²) in [4.78, 5) is 25.2. The van der Waals surface area contributed by atoms with Crippen LogP contribution in [0.5, 0.6) is 0 Å². The third-order valence-corrected chi connectivity index (χ3v) is 4.61. The molecule has 0 spiro atoms. The zero-order valence-electron chi connectivity index (χ0n) is 16.5. The molecule has 2 N–H and O–H groups in total. The Morgan fingerprint density at radius 3 is 2.26 bits per heavy atom. The molecule has 5 heteroatoms. The largest absolute Gasteiger partial charge is 0.348 e. The molecular weight excluding hydrogens is 343 g/mol. The maximum atomic E-state index is 13.8. The Morgan fingerprint density at radius 2 is 1.63 bits per heavy atom. The predicted octanol–water partition coefficient (Wildman–Crippen LogP) is 4.07. The molecule has 0 fully saturated rings. The normalized spacial score (nSPS) is 13.1. The average Bonchev–Trinajstić information content (AvgIpc) is 2.61. The summed E-state index contributed by atoms with van der Waals surface area (Å²) in [6, 6.07) is 10.9. The second-order valence-corrected chi connectivity index (χ2v) is 7.27. The van der Waals surface area contributed by atoms with Crippen molar-refractivity contribution in [3.05, 3.63) is 70.5 Å². The van der Waals surface area contributed by atoms with Gasteiger partial charge in [0.2, 0.25) is 5.91 Å². The van der Waals surface area contributed by atoms with Crippen molar-refractivity contribution >= 4 is 11.8 Å². The summed E-state index contributed by atoms with van der Waals surface area (Å²) in [6.07, 6.45) is 0. The first kappa shape index (κ1) is 20.6. The molecule has 2 rings (SSSR count). The number of hydrogen-bond acceptors (Lipinski definition) is 2. The molecule has 0 heterocycles. The summed E-state index contributed by atoms with van der Waals surface area (Å²) < 4.78 is 13.8. The zero-order valence-corrected chi connectivity index (χ0v) is 16.5. The highest BCUT2D eigenvalue weighted by Crippen LogP contribution is 2.19. The Hall–Kier alpha value is -2.69. The Morgan fingerprint density at radius 1 is 0.963 bits per heavy atom. The molecule has 0 saturated heterocycles. The van der Waals surface area contributed by atoms with Gasteiger partial charge in [-0.15, -0.1) is 0 Å². The van der Waals surface area contributed by atoms with E-state index in [4.69, 9.17) is 0 Å². The topological polar surface area (TPSA) is 58.2 Å². The van der Waals surface area contributed by atoms with Crippen LogP contribution in [0.2, 0.25) is 0 Å². The summed E-state index contributed by atoms with van der Waals surface area (Å²) in [5.74, 6) is -1.64. The van der Waals surface area contributed by atoms with Gasteiger partial charge in [-0.25, -0.2) is 4.39 Å². The third kappa shape index (κ3) is 5.16. The first-order valence-electron chi connectivity index (χ1n) is 9.13. The van der Waals surface area contributed by atoms with E-state index in [1.54, 1.807) is 6.07 Å². The van der Waals surface area contributed by atoms with Crippen LogP contribution < -0.4 is 10.6 Å². The molecule has 27 heavy (non-hydrogen) atoms. The van der Waals surface area contributed by atoms with Crippen molar-refractivity contribution in [3.63, 3.8) is 0 Å². The molecule has 2 unspecified atom stereocenters. The summed E-state index contributed by atoms with van der Waals surface area (Å²) in [5, 5.41) is 5.63. The van der Waals surface area contributed by atoms with E-state index >= 15 is 0 Å². The molecule has 0 aromatic heterocycles. The smallest absolute Gasteiger partial charge is 0.254 e. The standard InChI is InChI=1S/C22H27FN2O2/c1-13(2)20(25-21(26)17-8-6-7-9-19(17)23)22(27)24-16(5)18-12-14(3)10-11-15(18)4/h6-13,16,20H,1-5H3,(H,24,27)(H,25,26). The van der Waals surface area contributed by atoms with Gasteiger partial charge in [0.15, 0.2) is 0 Å². The van der Waals surface area contributed by atoms with E-state index in [1.165, 1.54) is 18.2 Å². The number of rotatable bonds is 6. The van der Waals surface area contributed by atoms with Gasteiger partial charge < -0.3 is 10.6 Å². The highest BCUT2D eigenvalue weighted by molar-refractivity contribution is 5.97. The molecule has 144 valence electrons. The first-order valence-corrected chi connectivity index (χ1v) is 9.13. The molecule has 0 saturated carbocycles. The monoisotopic (exact) mass is 370 g/mol. The van der Waals surface area contributed by atoms with Crippen LogP contribution in [-0.2, 0) is 4.79 Å². The number of carbonyl (C=O) groups excluding carboxylic acids is 2. The maximum Gasteiger partial charge on any atom is 0.254 e. The van der Waals surface area contributed by atoms with Crippen LogP contribution in [0.3, 0.4) is 0 Å². The number of halogens is 1. The molecule has 0 bridgehead atoms. The van der Waals surface area contributed by atoms with Crippen LogP contribution in [0.15, 0.2) is 42.5 Å². The van der Waals surface area contributed by atoms with Gasteiger partial charge in [-0.3, -0.25) is 9.59 Å². The van der Waals surface area contributed by atoms with Crippen molar-refractivity contribution in [2.45, 2.75) is 46.7 Å². The Bertz CT molecular complexity index is 833. The van der Waals surface area contributed by atoms with Crippen molar-refractivity contribution in [1.82, 2.24) is 10.6 Å². The number of carbonyl (C=O) groups is 2. The Balaban J connectivity index is 2.14. The number of benzene rings is 2. The van der Waals surface area contributed by atoms with Gasteiger partial charge in [-0.2, -0.15) is 0 Å². The van der Waals surface area contributed by atoms with E-state index < -0.39 is 17.8 Å². The molecule has 4 nitrogen and oxygen atoms in total. The summed E-state index contributed by atoms with van der Waals surface area (Å²) in [7, 11) is 0. The van der Waals surface area contributed by atoms with Gasteiger partial charge in [0.25, 0.3) is 5.91 Å². The Kier molecular flexibility index (Phi) is 6.72. The van der Waals surface area contributed by atoms with E-state index in [9.17, 15) is 14.0 Å². The van der Waals surface area contributed by atoms with Crippen LogP contribution in [-0.4, -0.2) is 17.9 Å². The van der Waals surface area contributed by atoms with Crippen LogP contribution in [0.4, 0.5) is 4.39 Å². The van der Waals surface area contributed by atoms with Crippen LogP contribution in [0.1, 0.15) is 53.9 Å². The molecule has 0 aliphatic rings. The fourth-order valence-corrected chi connectivity index (χ4v) is 3.01. The van der Waals surface area contributed by atoms with Crippen molar-refractivity contribution in [2.75, 3.05) is 0 Å². The second-order valence-electron chi connectivity index (χ2n) is 7.27. The van der Waals surface area contributed by atoms with Gasteiger partial charge in [0.1, 0.15) is 11.9 Å². The lowest BCUT2D eigenvalue weighted by Gasteiger charge is -2.25. The minimum Gasteiger partial charge on any atom is -0.348 e. The van der Waals surface area contributed by atoms with Gasteiger partial charge in [0, 0.05) is 0 Å². The zero-order chi connectivity index (χ0) is 20.1. The van der Waals surface area contributed by atoms with Gasteiger partial charge >= 0.3 is 0 Å². The minimum absolute atomic E-state index is 0.0708. The lowest BCUT2D eigenvalue weighted by molar-refractivity contribution is -0.124. The maximum absolute atomic E-state index is 13.8. The van der Waals surface area contributed by atoms with Crippen molar-refractivity contribution < 1.29 is 14.0 Å². The van der Waals surface area contributed by atoms with Crippen molar-refractivity contribution in [2.24, 2.45) is 5.92 Å². The van der Waals surface area contributed by atoms with E-state index in [0.29, 0.717) is 0 Å². The predicted molar refractivity (Wildman–Crippen MR) is 105 cm³/mol. The molecule has 2 aromatic carbocycles. The second kappa shape index (κ2) is 8.80. The molecule has 2 amide bonds. The summed E-state index contributed by atoms with van der Waals surface area (Å²) in [5.41, 5.74) is 3.17. The highest BCUT2D eigenvalue weighted by Gasteiger charge is 2.27. The van der Waals surface area contributed by atoms with Crippen LogP contribution in [0, 0.1) is 25.6 Å². The summed E-state index contributed by atoms with van der Waals surface area (Å²) in [6.45, 7) is 9.60. The van der Waals surface area contributed by atoms with Gasteiger partial charge in [0.05, 0.1) is 11.6 Å². The fraction of sp³-hybridized carbons (Fsp3) is 0.364.